The Kier molecular flexibility index (Phi) is 6.36. The Morgan fingerprint density at radius 2 is 1.46 bits per heavy atom. The van der Waals surface area contributed by atoms with Gasteiger partial charge in [-0.25, -0.2) is 4.79 Å². The summed E-state index contributed by atoms with van der Waals surface area (Å²) in [7, 11) is 0.749. The smallest absolute Gasteiger partial charge is 0.446 e. The Bertz CT molecular complexity index is 942. The van der Waals surface area contributed by atoms with Crippen LogP contribution in [0.15, 0.2) is 98.4 Å². The maximum Gasteiger partial charge on any atom is 0.446 e. The van der Waals surface area contributed by atoms with E-state index < -0.39 is 22.4 Å². The number of halogens is 3. The molecule has 3 rings (SSSR count). The first-order valence-corrected chi connectivity index (χ1v) is 10.2. The lowest BCUT2D eigenvalue weighted by molar-refractivity contribution is -0.0328. The molecule has 2 nitrogen and oxygen atoms in total. The van der Waals surface area contributed by atoms with Crippen LogP contribution in [0.1, 0.15) is 10.4 Å². The van der Waals surface area contributed by atoms with Gasteiger partial charge in [-0.2, -0.15) is 13.2 Å². The molecule has 0 amide bonds. The lowest BCUT2D eigenvalue weighted by Gasteiger charge is -2.10. The molecule has 0 saturated heterocycles. The van der Waals surface area contributed by atoms with Gasteiger partial charge in [-0.05, 0) is 60.3 Å². The number of methoxy groups -OCH3 is 1. The Labute approximate surface area is 168 Å². The molecule has 0 aliphatic rings. The van der Waals surface area contributed by atoms with Crippen LogP contribution in [0.4, 0.5) is 13.2 Å². The third-order valence-electron chi connectivity index (χ3n) is 3.76. The molecule has 0 bridgehead atoms. The number of hydrogen-bond donors (Lipinski definition) is 0. The molecule has 0 spiro atoms. The second-order valence-corrected chi connectivity index (χ2v) is 8.82. The van der Waals surface area contributed by atoms with Crippen LogP contribution in [-0.4, -0.2) is 18.6 Å². The summed E-state index contributed by atoms with van der Waals surface area (Å²) in [6, 6.07) is 23.1. The molecule has 0 saturated carbocycles. The van der Waals surface area contributed by atoms with Crippen molar-refractivity contribution in [1.82, 2.24) is 0 Å². The van der Waals surface area contributed by atoms with E-state index in [0.717, 1.165) is 14.7 Å². The average molecular weight is 421 g/mol. The van der Waals surface area contributed by atoms with Crippen LogP contribution in [-0.2, 0) is 15.6 Å². The van der Waals surface area contributed by atoms with Crippen LogP contribution in [0.25, 0.3) is 0 Å². The van der Waals surface area contributed by atoms with Crippen molar-refractivity contribution in [2.75, 3.05) is 7.11 Å². The second kappa shape index (κ2) is 8.75. The van der Waals surface area contributed by atoms with Gasteiger partial charge in [0.15, 0.2) is 14.7 Å². The zero-order valence-electron chi connectivity index (χ0n) is 14.8. The van der Waals surface area contributed by atoms with Gasteiger partial charge in [-0.15, -0.1) is 0 Å². The fourth-order valence-corrected chi connectivity index (χ4v) is 5.26. The molecular formula is C21H16F3O2S2+. The van der Waals surface area contributed by atoms with Crippen molar-refractivity contribution in [3.05, 3.63) is 84.4 Å². The van der Waals surface area contributed by atoms with Gasteiger partial charge < -0.3 is 4.74 Å². The highest BCUT2D eigenvalue weighted by molar-refractivity contribution is 8.00. The molecule has 0 aliphatic carbocycles. The monoisotopic (exact) mass is 421 g/mol. The van der Waals surface area contributed by atoms with E-state index in [4.69, 9.17) is 4.74 Å². The van der Waals surface area contributed by atoms with E-state index in [1.165, 1.54) is 19.2 Å². The van der Waals surface area contributed by atoms with E-state index in [1.54, 1.807) is 30.3 Å². The summed E-state index contributed by atoms with van der Waals surface area (Å²) in [4.78, 5) is 14.8. The molecule has 28 heavy (non-hydrogen) atoms. The van der Waals surface area contributed by atoms with Gasteiger partial charge >= 0.3 is 11.5 Å². The summed E-state index contributed by atoms with van der Waals surface area (Å²) < 4.78 is 42.6. The Morgan fingerprint density at radius 3 is 2.07 bits per heavy atom. The summed E-state index contributed by atoms with van der Waals surface area (Å²) in [5.74, 6) is -0.435. The van der Waals surface area contributed by atoms with Crippen LogP contribution in [0, 0.1) is 0 Å². The molecule has 144 valence electrons. The molecule has 3 aromatic carbocycles. The fourth-order valence-electron chi connectivity index (χ4n) is 2.61. The summed E-state index contributed by atoms with van der Waals surface area (Å²) in [5, 5.41) is 0. The van der Waals surface area contributed by atoms with Gasteiger partial charge in [0.1, 0.15) is 0 Å². The van der Waals surface area contributed by atoms with Crippen molar-refractivity contribution in [3.8, 4) is 0 Å². The van der Waals surface area contributed by atoms with Gasteiger partial charge in [0.05, 0.1) is 23.6 Å². The van der Waals surface area contributed by atoms with Crippen LogP contribution in [0.2, 0.25) is 0 Å². The minimum Gasteiger partial charge on any atom is -0.465 e. The predicted molar refractivity (Wildman–Crippen MR) is 105 cm³/mol. The Balaban J connectivity index is 2.03. The van der Waals surface area contributed by atoms with Crippen LogP contribution in [0.3, 0.4) is 0 Å². The maximum atomic E-state index is 12.6. The number of hydrogen-bond acceptors (Lipinski definition) is 3. The van der Waals surface area contributed by atoms with E-state index in [-0.39, 0.29) is 16.7 Å². The SMILES string of the molecule is COC(=O)c1cccc([S+](c2ccccc2)c2ccc(SC(F)(F)F)cc2)c1. The molecule has 0 heterocycles. The molecule has 0 N–H and O–H groups in total. The molecular weight excluding hydrogens is 405 g/mol. The Morgan fingerprint density at radius 1 is 0.857 bits per heavy atom. The van der Waals surface area contributed by atoms with Gasteiger partial charge in [0.25, 0.3) is 0 Å². The number of carbonyl (C=O) groups excluding carboxylic acids is 1. The highest BCUT2D eigenvalue weighted by Gasteiger charge is 2.31. The normalized spacial score (nSPS) is 12.4. The van der Waals surface area contributed by atoms with E-state index in [0.29, 0.717) is 5.56 Å². The standard InChI is InChI=1S/C21H16F3O2S2/c1-26-20(25)15-6-5-9-19(14-15)28(17-7-3-2-4-8-17)18-12-10-16(11-13-18)27-21(22,23)24/h2-14H,1H3/q+1. The summed E-state index contributed by atoms with van der Waals surface area (Å²) in [6.45, 7) is 0. The predicted octanol–water partition coefficient (Wildman–Crippen LogP) is 6.18. The van der Waals surface area contributed by atoms with Crippen molar-refractivity contribution in [2.24, 2.45) is 0 Å². The molecule has 0 aliphatic heterocycles. The van der Waals surface area contributed by atoms with Crippen LogP contribution in [0.5, 0.6) is 0 Å². The van der Waals surface area contributed by atoms with E-state index in [2.05, 4.69) is 0 Å². The molecule has 3 aromatic rings. The molecule has 1 unspecified atom stereocenters. The fraction of sp³-hybridized carbons (Fsp3) is 0.0952. The van der Waals surface area contributed by atoms with Gasteiger partial charge in [0, 0.05) is 11.0 Å². The highest BCUT2D eigenvalue weighted by atomic mass is 32.2. The van der Waals surface area contributed by atoms with Gasteiger partial charge in [0.2, 0.25) is 0 Å². The second-order valence-electron chi connectivity index (χ2n) is 5.66. The van der Waals surface area contributed by atoms with Crippen LogP contribution >= 0.6 is 11.8 Å². The van der Waals surface area contributed by atoms with E-state index >= 15 is 0 Å². The number of alkyl halides is 3. The molecule has 0 radical (unpaired) electrons. The van der Waals surface area contributed by atoms with Crippen LogP contribution < -0.4 is 0 Å². The molecule has 0 fully saturated rings. The summed E-state index contributed by atoms with van der Waals surface area (Å²) in [5.41, 5.74) is -3.89. The minimum absolute atomic E-state index is 0.135. The Hall–Kier alpha value is -2.38. The minimum atomic E-state index is -4.32. The highest BCUT2D eigenvalue weighted by Crippen LogP contribution is 2.38. The van der Waals surface area contributed by atoms with Crippen molar-refractivity contribution in [3.63, 3.8) is 0 Å². The lowest BCUT2D eigenvalue weighted by Crippen LogP contribution is -2.07. The molecule has 7 heteroatoms. The quantitative estimate of drug-likeness (QED) is 0.280. The average Bonchev–Trinajstić information content (AvgIpc) is 2.69. The first-order valence-electron chi connectivity index (χ1n) is 8.21. The van der Waals surface area contributed by atoms with E-state index in [1.807, 2.05) is 36.4 Å². The van der Waals surface area contributed by atoms with Gasteiger partial charge in [-0.1, -0.05) is 24.3 Å². The number of ether oxygens (including phenoxy) is 1. The summed E-state index contributed by atoms with van der Waals surface area (Å²) >= 11 is -0.136. The molecule has 1 atom stereocenters. The van der Waals surface area contributed by atoms with Gasteiger partial charge in [-0.3, -0.25) is 0 Å². The summed E-state index contributed by atoms with van der Waals surface area (Å²) in [6.07, 6.45) is 0. The number of esters is 1. The zero-order chi connectivity index (χ0) is 20.1. The van der Waals surface area contributed by atoms with Crippen molar-refractivity contribution in [2.45, 2.75) is 25.1 Å². The maximum absolute atomic E-state index is 12.6. The molecule has 0 aromatic heterocycles. The number of rotatable bonds is 5. The number of carbonyl (C=O) groups is 1. The van der Waals surface area contributed by atoms with Crippen molar-refractivity contribution < 1.29 is 22.7 Å². The van der Waals surface area contributed by atoms with Crippen molar-refractivity contribution in [1.29, 1.82) is 0 Å². The number of benzene rings is 3. The third-order valence-corrected chi connectivity index (χ3v) is 6.71. The first kappa shape index (κ1) is 20.4. The topological polar surface area (TPSA) is 26.3 Å². The van der Waals surface area contributed by atoms with E-state index in [9.17, 15) is 18.0 Å². The zero-order valence-corrected chi connectivity index (χ0v) is 16.4. The lowest BCUT2D eigenvalue weighted by atomic mass is 10.2. The largest absolute Gasteiger partial charge is 0.465 e. The van der Waals surface area contributed by atoms with Crippen molar-refractivity contribution >= 4 is 28.6 Å². The third kappa shape index (κ3) is 5.11. The first-order chi connectivity index (χ1) is 13.4. The number of thioether (sulfide) groups is 1.